The van der Waals surface area contributed by atoms with Gasteiger partial charge in [0.25, 0.3) is 5.91 Å². The molecule has 9 nitrogen and oxygen atoms in total. The molecule has 3 aromatic rings. The second kappa shape index (κ2) is 6.16. The third kappa shape index (κ3) is 2.52. The number of amides is 1. The van der Waals surface area contributed by atoms with E-state index in [1.807, 2.05) is 19.1 Å². The van der Waals surface area contributed by atoms with Gasteiger partial charge in [-0.05, 0) is 19.1 Å². The molecule has 3 aliphatic heterocycles. The zero-order chi connectivity index (χ0) is 20.5. The van der Waals surface area contributed by atoms with Crippen LogP contribution < -0.4 is 15.0 Å². The smallest absolute Gasteiger partial charge is 0.261 e. The van der Waals surface area contributed by atoms with Crippen molar-refractivity contribution < 1.29 is 19.4 Å². The molecule has 9 heteroatoms. The van der Waals surface area contributed by atoms with Crippen molar-refractivity contribution in [3.05, 3.63) is 47.9 Å². The summed E-state index contributed by atoms with van der Waals surface area (Å²) >= 11 is 0. The third-order valence-corrected chi connectivity index (χ3v) is 6.20. The standard InChI is InChI=1S/C21H21N5O4/c1-21(11-27)7-12-5-14(15(6-17(12)30-21)25-9-18-16(25)10-29-18)24-20(28)13-8-23-26-4-2-3-22-19(13)26/h2-6,8,16,18,27H,7,9-11H2,1H3,(H,24,28)/t16-,18?,21+/m1/s1. The number of carbonyl (C=O) groups excluding carboxylic acids is 1. The number of nitrogens with one attached hydrogen (secondary N) is 1. The Labute approximate surface area is 172 Å². The van der Waals surface area contributed by atoms with Crippen LogP contribution in [-0.2, 0) is 11.2 Å². The Morgan fingerprint density at radius 2 is 2.33 bits per heavy atom. The highest BCUT2D eigenvalue weighted by Crippen LogP contribution is 2.45. The van der Waals surface area contributed by atoms with Gasteiger partial charge in [0.1, 0.15) is 16.9 Å². The van der Waals surface area contributed by atoms with E-state index < -0.39 is 5.60 Å². The predicted molar refractivity (Wildman–Crippen MR) is 108 cm³/mol. The number of ether oxygens (including phenoxy) is 2. The molecule has 1 aromatic carbocycles. The van der Waals surface area contributed by atoms with Crippen molar-refractivity contribution in [2.45, 2.75) is 31.1 Å². The first-order valence-electron chi connectivity index (χ1n) is 9.99. The topological polar surface area (TPSA) is 101 Å². The largest absolute Gasteiger partial charge is 0.484 e. The lowest BCUT2D eigenvalue weighted by Crippen LogP contribution is -2.71. The van der Waals surface area contributed by atoms with Crippen LogP contribution >= 0.6 is 0 Å². The van der Waals surface area contributed by atoms with Gasteiger partial charge in [0, 0.05) is 37.0 Å². The van der Waals surface area contributed by atoms with Gasteiger partial charge in [-0.2, -0.15) is 5.10 Å². The van der Waals surface area contributed by atoms with Gasteiger partial charge in [-0.15, -0.1) is 0 Å². The molecule has 6 rings (SSSR count). The second-order valence-corrected chi connectivity index (χ2v) is 8.36. The quantitative estimate of drug-likeness (QED) is 0.671. The second-order valence-electron chi connectivity index (χ2n) is 8.36. The minimum atomic E-state index is -0.647. The monoisotopic (exact) mass is 407 g/mol. The summed E-state index contributed by atoms with van der Waals surface area (Å²) in [6.45, 7) is 3.27. The van der Waals surface area contributed by atoms with Crippen molar-refractivity contribution in [1.29, 1.82) is 0 Å². The first-order chi connectivity index (χ1) is 14.5. The van der Waals surface area contributed by atoms with E-state index in [4.69, 9.17) is 9.47 Å². The number of hydrogen-bond donors (Lipinski definition) is 2. The maximum atomic E-state index is 13.1. The Hall–Kier alpha value is -3.17. The minimum Gasteiger partial charge on any atom is -0.484 e. The van der Waals surface area contributed by atoms with E-state index in [2.05, 4.69) is 20.3 Å². The highest BCUT2D eigenvalue weighted by molar-refractivity contribution is 6.09. The predicted octanol–water partition coefficient (Wildman–Crippen LogP) is 1.25. The molecule has 1 amide bonds. The summed E-state index contributed by atoms with van der Waals surface area (Å²) in [6, 6.07) is 6.01. The van der Waals surface area contributed by atoms with Crippen molar-refractivity contribution in [2.75, 3.05) is 30.0 Å². The Morgan fingerprint density at radius 1 is 1.43 bits per heavy atom. The maximum Gasteiger partial charge on any atom is 0.261 e. The Balaban J connectivity index is 1.37. The summed E-state index contributed by atoms with van der Waals surface area (Å²) in [4.78, 5) is 19.6. The Morgan fingerprint density at radius 3 is 3.07 bits per heavy atom. The number of aromatic nitrogens is 3. The number of aliphatic hydroxyl groups is 1. The molecule has 2 saturated heterocycles. The van der Waals surface area contributed by atoms with Gasteiger partial charge >= 0.3 is 0 Å². The van der Waals surface area contributed by atoms with E-state index in [1.165, 1.54) is 6.20 Å². The molecular weight excluding hydrogens is 386 g/mol. The lowest BCUT2D eigenvalue weighted by molar-refractivity contribution is -0.113. The fourth-order valence-electron chi connectivity index (χ4n) is 4.41. The minimum absolute atomic E-state index is 0.0744. The average Bonchev–Trinajstić information content (AvgIpc) is 3.30. The van der Waals surface area contributed by atoms with Crippen LogP contribution in [0.5, 0.6) is 5.75 Å². The lowest BCUT2D eigenvalue weighted by atomic mass is 9.92. The fourth-order valence-corrected chi connectivity index (χ4v) is 4.41. The maximum absolute atomic E-state index is 13.1. The summed E-state index contributed by atoms with van der Waals surface area (Å²) < 4.78 is 13.1. The number of carbonyl (C=O) groups is 1. The van der Waals surface area contributed by atoms with Gasteiger partial charge in [0.15, 0.2) is 5.65 Å². The molecule has 0 bridgehead atoms. The van der Waals surface area contributed by atoms with Crippen LogP contribution in [0.2, 0.25) is 0 Å². The number of fused-ring (bicyclic) bond motifs is 3. The molecule has 3 atom stereocenters. The summed E-state index contributed by atoms with van der Waals surface area (Å²) in [6.07, 6.45) is 5.75. The highest BCUT2D eigenvalue weighted by atomic mass is 16.5. The van der Waals surface area contributed by atoms with Crippen LogP contribution in [0.15, 0.2) is 36.8 Å². The van der Waals surface area contributed by atoms with Crippen LogP contribution in [-0.4, -0.2) is 63.1 Å². The Bertz CT molecular complexity index is 1180. The van der Waals surface area contributed by atoms with E-state index in [1.54, 1.807) is 23.0 Å². The summed E-state index contributed by atoms with van der Waals surface area (Å²) in [5.74, 6) is 0.483. The first-order valence-corrected chi connectivity index (χ1v) is 9.99. The summed E-state index contributed by atoms with van der Waals surface area (Å²) in [7, 11) is 0. The van der Waals surface area contributed by atoms with Gasteiger partial charge < -0.3 is 24.8 Å². The molecule has 0 spiro atoms. The molecule has 5 heterocycles. The van der Waals surface area contributed by atoms with Gasteiger partial charge in [-0.3, -0.25) is 4.79 Å². The molecule has 3 aliphatic rings. The molecule has 0 radical (unpaired) electrons. The fraction of sp³-hybridized carbons (Fsp3) is 0.381. The van der Waals surface area contributed by atoms with Gasteiger partial charge in [-0.1, -0.05) is 0 Å². The van der Waals surface area contributed by atoms with Crippen molar-refractivity contribution in [3.8, 4) is 5.75 Å². The van der Waals surface area contributed by atoms with E-state index in [0.29, 0.717) is 36.0 Å². The van der Waals surface area contributed by atoms with E-state index in [-0.39, 0.29) is 18.6 Å². The number of anilines is 2. The molecular formula is C21H21N5O4. The van der Waals surface area contributed by atoms with Crippen LogP contribution in [0.3, 0.4) is 0 Å². The van der Waals surface area contributed by atoms with Crippen molar-refractivity contribution in [2.24, 2.45) is 0 Å². The number of nitrogens with zero attached hydrogens (tertiary/aromatic N) is 4. The van der Waals surface area contributed by atoms with Crippen LogP contribution in [0.4, 0.5) is 11.4 Å². The molecule has 154 valence electrons. The van der Waals surface area contributed by atoms with Crippen molar-refractivity contribution in [3.63, 3.8) is 0 Å². The third-order valence-electron chi connectivity index (χ3n) is 6.20. The Kier molecular flexibility index (Phi) is 3.63. The SMILES string of the molecule is C[C@@]1(CO)Cc2cc(NC(=O)c3cnn4cccnc34)c(N3CC4OC[C@H]43)cc2O1. The van der Waals surface area contributed by atoms with Crippen molar-refractivity contribution in [1.82, 2.24) is 14.6 Å². The molecule has 2 aromatic heterocycles. The number of benzene rings is 1. The summed E-state index contributed by atoms with van der Waals surface area (Å²) in [5.41, 5.74) is 2.84. The van der Waals surface area contributed by atoms with Gasteiger partial charge in [0.05, 0.1) is 42.9 Å². The lowest BCUT2D eigenvalue weighted by Gasteiger charge is -2.56. The summed E-state index contributed by atoms with van der Waals surface area (Å²) in [5, 5.41) is 17.0. The molecule has 30 heavy (non-hydrogen) atoms. The van der Waals surface area contributed by atoms with Crippen LogP contribution in [0, 0.1) is 0 Å². The molecule has 1 unspecified atom stereocenters. The number of aliphatic hydroxyl groups excluding tert-OH is 1. The van der Waals surface area contributed by atoms with E-state index in [9.17, 15) is 9.90 Å². The van der Waals surface area contributed by atoms with Crippen molar-refractivity contribution >= 4 is 22.9 Å². The van der Waals surface area contributed by atoms with Crippen LogP contribution in [0.1, 0.15) is 22.8 Å². The average molecular weight is 407 g/mol. The molecule has 2 N–H and O–H groups in total. The first kappa shape index (κ1) is 17.7. The van der Waals surface area contributed by atoms with Gasteiger partial charge in [-0.25, -0.2) is 9.50 Å². The molecule has 2 fully saturated rings. The number of morpholine rings is 1. The number of hydrogen-bond acceptors (Lipinski definition) is 7. The molecule has 0 saturated carbocycles. The normalized spacial score (nSPS) is 26.4. The van der Waals surface area contributed by atoms with Gasteiger partial charge in [0.2, 0.25) is 0 Å². The molecule has 0 aliphatic carbocycles. The van der Waals surface area contributed by atoms with E-state index in [0.717, 1.165) is 23.5 Å². The van der Waals surface area contributed by atoms with E-state index >= 15 is 0 Å². The zero-order valence-corrected chi connectivity index (χ0v) is 16.4. The number of rotatable bonds is 4. The zero-order valence-electron chi connectivity index (χ0n) is 16.4. The highest BCUT2D eigenvalue weighted by Gasteiger charge is 2.48. The van der Waals surface area contributed by atoms with Crippen LogP contribution in [0.25, 0.3) is 5.65 Å².